The van der Waals surface area contributed by atoms with Gasteiger partial charge in [0.2, 0.25) is 0 Å². The number of hydrogen-bond acceptors (Lipinski definition) is 4. The third-order valence-corrected chi connectivity index (χ3v) is 3.98. The first kappa shape index (κ1) is 13.2. The molecule has 0 aliphatic rings. The predicted octanol–water partition coefficient (Wildman–Crippen LogP) is 3.40. The average Bonchev–Trinajstić information content (AvgIpc) is 2.73. The van der Waals surface area contributed by atoms with E-state index in [-0.39, 0.29) is 0 Å². The van der Waals surface area contributed by atoms with Crippen LogP contribution in [0.4, 0.5) is 0 Å². The van der Waals surface area contributed by atoms with E-state index < -0.39 is 0 Å². The van der Waals surface area contributed by atoms with E-state index in [2.05, 4.69) is 38.7 Å². The lowest BCUT2D eigenvalue weighted by molar-refractivity contribution is 0.813. The largest absolute Gasteiger partial charge is 0.326 e. The summed E-state index contributed by atoms with van der Waals surface area (Å²) in [5.41, 5.74) is 10.2. The Labute approximate surface area is 112 Å². The van der Waals surface area contributed by atoms with Gasteiger partial charge in [-0.05, 0) is 30.9 Å². The molecule has 0 aliphatic carbocycles. The predicted molar refractivity (Wildman–Crippen MR) is 76.8 cm³/mol. The van der Waals surface area contributed by atoms with Gasteiger partial charge in [-0.15, -0.1) is 11.3 Å². The van der Waals surface area contributed by atoms with Gasteiger partial charge in [0.1, 0.15) is 10.7 Å². The van der Waals surface area contributed by atoms with Crippen LogP contribution in [0.15, 0.2) is 12.3 Å². The van der Waals surface area contributed by atoms with Crippen molar-refractivity contribution in [2.45, 2.75) is 40.2 Å². The highest BCUT2D eigenvalue weighted by molar-refractivity contribution is 7.15. The van der Waals surface area contributed by atoms with Crippen molar-refractivity contribution < 1.29 is 0 Å². The number of pyridine rings is 1. The van der Waals surface area contributed by atoms with Crippen molar-refractivity contribution in [2.75, 3.05) is 0 Å². The maximum Gasteiger partial charge on any atom is 0.142 e. The molecule has 0 spiro atoms. The van der Waals surface area contributed by atoms with E-state index in [0.29, 0.717) is 12.5 Å². The molecule has 2 aromatic rings. The Kier molecular flexibility index (Phi) is 3.78. The number of rotatable bonds is 3. The first-order valence-electron chi connectivity index (χ1n) is 6.16. The minimum atomic E-state index is 0.402. The van der Waals surface area contributed by atoms with E-state index in [9.17, 15) is 0 Å². The van der Waals surface area contributed by atoms with Crippen LogP contribution in [0.1, 0.15) is 41.5 Å². The summed E-state index contributed by atoms with van der Waals surface area (Å²) in [4.78, 5) is 10.4. The molecular weight excluding hydrogens is 242 g/mol. The van der Waals surface area contributed by atoms with Gasteiger partial charge in [0.15, 0.2) is 0 Å². The molecule has 0 radical (unpaired) electrons. The molecule has 0 unspecified atom stereocenters. The van der Waals surface area contributed by atoms with Crippen LogP contribution < -0.4 is 5.73 Å². The van der Waals surface area contributed by atoms with Gasteiger partial charge < -0.3 is 5.73 Å². The van der Waals surface area contributed by atoms with E-state index >= 15 is 0 Å². The van der Waals surface area contributed by atoms with E-state index in [1.54, 1.807) is 11.3 Å². The Morgan fingerprint density at radius 1 is 1.33 bits per heavy atom. The average molecular weight is 261 g/mol. The second kappa shape index (κ2) is 5.16. The molecule has 0 aliphatic heterocycles. The molecule has 96 valence electrons. The van der Waals surface area contributed by atoms with Crippen LogP contribution in [0, 0.1) is 13.8 Å². The fourth-order valence-electron chi connectivity index (χ4n) is 2.00. The summed E-state index contributed by atoms with van der Waals surface area (Å²) < 4.78 is 0. The maximum atomic E-state index is 5.79. The minimum Gasteiger partial charge on any atom is -0.326 e. The maximum absolute atomic E-state index is 5.79. The van der Waals surface area contributed by atoms with Gasteiger partial charge in [0.05, 0.1) is 5.69 Å². The third-order valence-electron chi connectivity index (χ3n) is 2.88. The first-order valence-corrected chi connectivity index (χ1v) is 6.97. The minimum absolute atomic E-state index is 0.402. The Balaban J connectivity index is 2.51. The van der Waals surface area contributed by atoms with Crippen LogP contribution in [0.5, 0.6) is 0 Å². The lowest BCUT2D eigenvalue weighted by Gasteiger charge is -2.03. The van der Waals surface area contributed by atoms with Gasteiger partial charge in [0.25, 0.3) is 0 Å². The second-order valence-corrected chi connectivity index (χ2v) is 5.95. The van der Waals surface area contributed by atoms with Crippen LogP contribution in [0.3, 0.4) is 0 Å². The Bertz CT molecular complexity index is 558. The summed E-state index contributed by atoms with van der Waals surface area (Å²) in [7, 11) is 0. The smallest absolute Gasteiger partial charge is 0.142 e. The highest BCUT2D eigenvalue weighted by Gasteiger charge is 2.16. The molecule has 0 bridgehead atoms. The molecule has 0 saturated heterocycles. The molecule has 2 rings (SSSR count). The molecule has 0 aromatic carbocycles. The molecule has 3 nitrogen and oxygen atoms in total. The fraction of sp³-hybridized carbons (Fsp3) is 0.429. The lowest BCUT2D eigenvalue weighted by atomic mass is 10.1. The summed E-state index contributed by atoms with van der Waals surface area (Å²) in [5, 5.41) is 0.983. The van der Waals surface area contributed by atoms with Crippen LogP contribution >= 0.6 is 11.3 Å². The molecule has 4 heteroatoms. The summed E-state index contributed by atoms with van der Waals surface area (Å²) in [6, 6.07) is 2.14. The fourth-order valence-corrected chi connectivity index (χ4v) is 3.16. The summed E-state index contributed by atoms with van der Waals surface area (Å²) in [5.74, 6) is 0.402. The summed E-state index contributed by atoms with van der Waals surface area (Å²) in [6.07, 6.45) is 1.89. The van der Waals surface area contributed by atoms with Gasteiger partial charge in [-0.2, -0.15) is 0 Å². The Morgan fingerprint density at radius 2 is 2.06 bits per heavy atom. The number of thiazole rings is 1. The zero-order valence-corrected chi connectivity index (χ0v) is 12.1. The second-order valence-electron chi connectivity index (χ2n) is 4.86. The molecule has 18 heavy (non-hydrogen) atoms. The monoisotopic (exact) mass is 261 g/mol. The number of nitrogens with zero attached hydrogens (tertiary/aromatic N) is 2. The zero-order chi connectivity index (χ0) is 13.3. The molecular formula is C14H19N3S. The van der Waals surface area contributed by atoms with Crippen LogP contribution in [0.25, 0.3) is 10.7 Å². The lowest BCUT2D eigenvalue weighted by Crippen LogP contribution is -1.99. The van der Waals surface area contributed by atoms with E-state index in [1.165, 1.54) is 16.0 Å². The zero-order valence-electron chi connectivity index (χ0n) is 11.3. The van der Waals surface area contributed by atoms with Crippen molar-refractivity contribution in [3.8, 4) is 10.7 Å². The SMILES string of the molecule is Cc1cnc(-c2nc(C(C)C)c(CN)s2)c(C)c1. The molecule has 0 fully saturated rings. The number of aromatic nitrogens is 2. The number of nitrogens with two attached hydrogens (primary N) is 1. The molecule has 0 saturated carbocycles. The highest BCUT2D eigenvalue weighted by atomic mass is 32.1. The number of hydrogen-bond donors (Lipinski definition) is 1. The van der Waals surface area contributed by atoms with Gasteiger partial charge in [0, 0.05) is 17.6 Å². The highest BCUT2D eigenvalue weighted by Crippen LogP contribution is 2.32. The summed E-state index contributed by atoms with van der Waals surface area (Å²) in [6.45, 7) is 8.97. The third kappa shape index (κ3) is 2.44. The van der Waals surface area contributed by atoms with E-state index in [0.717, 1.165) is 16.4 Å². The normalized spacial score (nSPS) is 11.2. The summed E-state index contributed by atoms with van der Waals surface area (Å²) >= 11 is 1.66. The van der Waals surface area contributed by atoms with E-state index in [4.69, 9.17) is 10.7 Å². The van der Waals surface area contributed by atoms with Crippen LogP contribution in [-0.2, 0) is 6.54 Å². The Hall–Kier alpha value is -1.26. The van der Waals surface area contributed by atoms with Crippen molar-refractivity contribution in [3.05, 3.63) is 34.0 Å². The van der Waals surface area contributed by atoms with Crippen LogP contribution in [0.2, 0.25) is 0 Å². The number of aryl methyl sites for hydroxylation is 2. The topological polar surface area (TPSA) is 51.8 Å². The quantitative estimate of drug-likeness (QED) is 0.921. The van der Waals surface area contributed by atoms with Gasteiger partial charge in [-0.3, -0.25) is 4.98 Å². The van der Waals surface area contributed by atoms with Crippen molar-refractivity contribution in [2.24, 2.45) is 5.73 Å². The van der Waals surface area contributed by atoms with Crippen LogP contribution in [-0.4, -0.2) is 9.97 Å². The van der Waals surface area contributed by atoms with Crippen molar-refractivity contribution in [3.63, 3.8) is 0 Å². The van der Waals surface area contributed by atoms with E-state index in [1.807, 2.05) is 6.20 Å². The van der Waals surface area contributed by atoms with Crippen molar-refractivity contribution in [1.29, 1.82) is 0 Å². The standard InChI is InChI=1S/C14H19N3S/c1-8(2)12-11(6-15)18-14(17-12)13-10(4)5-9(3)7-16-13/h5,7-8H,6,15H2,1-4H3. The van der Waals surface area contributed by atoms with Gasteiger partial charge >= 0.3 is 0 Å². The molecule has 2 heterocycles. The molecule has 0 amide bonds. The molecule has 2 aromatic heterocycles. The Morgan fingerprint density at radius 3 is 2.56 bits per heavy atom. The van der Waals surface area contributed by atoms with Crippen molar-refractivity contribution in [1.82, 2.24) is 9.97 Å². The molecule has 2 N–H and O–H groups in total. The van der Waals surface area contributed by atoms with Gasteiger partial charge in [-0.25, -0.2) is 4.98 Å². The molecule has 0 atom stereocenters. The van der Waals surface area contributed by atoms with Crippen molar-refractivity contribution >= 4 is 11.3 Å². The first-order chi connectivity index (χ1) is 8.52. The van der Waals surface area contributed by atoms with Gasteiger partial charge in [-0.1, -0.05) is 19.9 Å².